The predicted molar refractivity (Wildman–Crippen MR) is 80.8 cm³/mol. The summed E-state index contributed by atoms with van der Waals surface area (Å²) in [6, 6.07) is 0. The molecule has 0 aromatic heterocycles. The molecule has 3 heteroatoms. The van der Waals surface area contributed by atoms with E-state index in [0.29, 0.717) is 0 Å². The quantitative estimate of drug-likeness (QED) is 0.859. The summed E-state index contributed by atoms with van der Waals surface area (Å²) in [6.07, 6.45) is 5.86. The number of ether oxygens (including phenoxy) is 2. The van der Waals surface area contributed by atoms with Gasteiger partial charge in [-0.2, -0.15) is 0 Å². The van der Waals surface area contributed by atoms with Crippen LogP contribution in [-0.2, 0) is 19.3 Å². The van der Waals surface area contributed by atoms with Crippen molar-refractivity contribution in [3.05, 3.63) is 22.3 Å². The number of unbranched alkanes of at least 4 members (excludes halogenated alkanes) is 1. The van der Waals surface area contributed by atoms with Crippen LogP contribution in [0.1, 0.15) is 48.9 Å². The Morgan fingerprint density at radius 3 is 2.35 bits per heavy atom. The monoisotopic (exact) mass is 275 g/mol. The number of nitrogens with two attached hydrogens (primary N) is 1. The SMILES string of the molecule is Cc1c2c(c(CCCCN)c3c1OC(C)C3)OC(C)C2. The zero-order chi connectivity index (χ0) is 14.3. The lowest BCUT2D eigenvalue weighted by atomic mass is 9.91. The van der Waals surface area contributed by atoms with Gasteiger partial charge in [0.2, 0.25) is 0 Å². The highest BCUT2D eigenvalue weighted by atomic mass is 16.5. The minimum absolute atomic E-state index is 0.289. The summed E-state index contributed by atoms with van der Waals surface area (Å²) in [5, 5.41) is 0. The molecule has 2 atom stereocenters. The highest BCUT2D eigenvalue weighted by Gasteiger charge is 2.33. The highest BCUT2D eigenvalue weighted by molar-refractivity contribution is 5.62. The van der Waals surface area contributed by atoms with Crippen molar-refractivity contribution in [2.24, 2.45) is 5.73 Å². The van der Waals surface area contributed by atoms with Gasteiger partial charge in [0, 0.05) is 29.5 Å². The minimum atomic E-state index is 0.289. The summed E-state index contributed by atoms with van der Waals surface area (Å²) in [6.45, 7) is 7.25. The molecule has 20 heavy (non-hydrogen) atoms. The van der Waals surface area contributed by atoms with Gasteiger partial charge in [-0.1, -0.05) is 0 Å². The standard InChI is InChI=1S/C17H25NO2/c1-10-8-14-12(3)16-15(9-11(2)19-16)13(17(14)20-10)6-4-5-7-18/h10-11H,4-9,18H2,1-3H3. The molecule has 2 heterocycles. The maximum Gasteiger partial charge on any atom is 0.127 e. The molecule has 0 spiro atoms. The van der Waals surface area contributed by atoms with E-state index in [1.807, 2.05) is 0 Å². The van der Waals surface area contributed by atoms with E-state index in [1.54, 1.807) is 0 Å². The molecule has 110 valence electrons. The van der Waals surface area contributed by atoms with Gasteiger partial charge < -0.3 is 15.2 Å². The smallest absolute Gasteiger partial charge is 0.127 e. The summed E-state index contributed by atoms with van der Waals surface area (Å²) in [5.41, 5.74) is 11.1. The maximum atomic E-state index is 6.12. The van der Waals surface area contributed by atoms with Crippen LogP contribution in [0.3, 0.4) is 0 Å². The van der Waals surface area contributed by atoms with E-state index in [9.17, 15) is 0 Å². The van der Waals surface area contributed by atoms with E-state index >= 15 is 0 Å². The summed E-state index contributed by atoms with van der Waals surface area (Å²) < 4.78 is 12.2. The lowest BCUT2D eigenvalue weighted by Gasteiger charge is -2.16. The van der Waals surface area contributed by atoms with Crippen molar-refractivity contribution in [2.75, 3.05) is 6.54 Å². The van der Waals surface area contributed by atoms with E-state index in [4.69, 9.17) is 15.2 Å². The predicted octanol–water partition coefficient (Wildman–Crippen LogP) is 2.92. The van der Waals surface area contributed by atoms with Crippen LogP contribution >= 0.6 is 0 Å². The molecule has 0 bridgehead atoms. The van der Waals surface area contributed by atoms with Crippen LogP contribution in [0, 0.1) is 6.92 Å². The third kappa shape index (κ3) is 2.18. The minimum Gasteiger partial charge on any atom is -0.490 e. The Labute approximate surface area is 121 Å². The Kier molecular flexibility index (Phi) is 3.63. The fraction of sp³-hybridized carbons (Fsp3) is 0.647. The summed E-state index contributed by atoms with van der Waals surface area (Å²) >= 11 is 0. The second kappa shape index (κ2) is 5.28. The van der Waals surface area contributed by atoms with E-state index in [0.717, 1.165) is 50.1 Å². The van der Waals surface area contributed by atoms with Gasteiger partial charge in [0.05, 0.1) is 0 Å². The first-order valence-corrected chi connectivity index (χ1v) is 7.82. The number of rotatable bonds is 4. The van der Waals surface area contributed by atoms with Crippen LogP contribution in [0.25, 0.3) is 0 Å². The Morgan fingerprint density at radius 1 is 1.00 bits per heavy atom. The van der Waals surface area contributed by atoms with Gasteiger partial charge in [0.1, 0.15) is 23.7 Å². The highest BCUT2D eigenvalue weighted by Crippen LogP contribution is 2.46. The Bertz CT molecular complexity index is 485. The van der Waals surface area contributed by atoms with Crippen molar-refractivity contribution in [2.45, 2.75) is 65.1 Å². The van der Waals surface area contributed by atoms with Crippen LogP contribution in [0.5, 0.6) is 11.5 Å². The summed E-state index contributed by atoms with van der Waals surface area (Å²) in [4.78, 5) is 0. The molecular formula is C17H25NO2. The molecule has 1 aromatic rings. The molecule has 0 saturated heterocycles. The molecule has 2 aliphatic heterocycles. The van der Waals surface area contributed by atoms with Gasteiger partial charge in [-0.15, -0.1) is 0 Å². The van der Waals surface area contributed by atoms with E-state index in [1.165, 1.54) is 22.3 Å². The lowest BCUT2D eigenvalue weighted by Crippen LogP contribution is -2.08. The lowest BCUT2D eigenvalue weighted by molar-refractivity contribution is 0.251. The normalized spacial score (nSPS) is 23.2. The van der Waals surface area contributed by atoms with Gasteiger partial charge in [-0.25, -0.2) is 0 Å². The summed E-state index contributed by atoms with van der Waals surface area (Å²) in [5.74, 6) is 2.29. The molecule has 2 N–H and O–H groups in total. The average Bonchev–Trinajstić information content (AvgIpc) is 2.97. The Morgan fingerprint density at radius 2 is 1.65 bits per heavy atom. The first kappa shape index (κ1) is 13.7. The van der Waals surface area contributed by atoms with Gasteiger partial charge in [0.15, 0.2) is 0 Å². The fourth-order valence-electron chi connectivity index (χ4n) is 3.52. The largest absolute Gasteiger partial charge is 0.490 e. The molecule has 0 aliphatic carbocycles. The third-order valence-corrected chi connectivity index (χ3v) is 4.48. The molecule has 0 radical (unpaired) electrons. The van der Waals surface area contributed by atoms with E-state index < -0.39 is 0 Å². The molecule has 0 saturated carbocycles. The molecule has 1 aromatic carbocycles. The molecule has 0 fully saturated rings. The molecule has 2 unspecified atom stereocenters. The second-order valence-electron chi connectivity index (χ2n) is 6.23. The van der Waals surface area contributed by atoms with E-state index in [-0.39, 0.29) is 12.2 Å². The molecule has 2 aliphatic rings. The zero-order valence-corrected chi connectivity index (χ0v) is 12.8. The van der Waals surface area contributed by atoms with Crippen molar-refractivity contribution in [1.29, 1.82) is 0 Å². The van der Waals surface area contributed by atoms with Crippen molar-refractivity contribution in [1.82, 2.24) is 0 Å². The molecule has 3 nitrogen and oxygen atoms in total. The topological polar surface area (TPSA) is 44.5 Å². The third-order valence-electron chi connectivity index (χ3n) is 4.48. The van der Waals surface area contributed by atoms with Crippen molar-refractivity contribution in [3.63, 3.8) is 0 Å². The molecule has 3 rings (SSSR count). The van der Waals surface area contributed by atoms with Crippen LogP contribution in [0.2, 0.25) is 0 Å². The van der Waals surface area contributed by atoms with Crippen molar-refractivity contribution >= 4 is 0 Å². The van der Waals surface area contributed by atoms with Gasteiger partial charge in [0.25, 0.3) is 0 Å². The molecular weight excluding hydrogens is 250 g/mol. The van der Waals surface area contributed by atoms with Crippen LogP contribution in [0.15, 0.2) is 0 Å². The fourth-order valence-corrected chi connectivity index (χ4v) is 3.52. The zero-order valence-electron chi connectivity index (χ0n) is 12.8. The summed E-state index contributed by atoms with van der Waals surface area (Å²) in [7, 11) is 0. The number of benzene rings is 1. The van der Waals surface area contributed by atoms with Crippen LogP contribution in [0.4, 0.5) is 0 Å². The number of hydrogen-bond donors (Lipinski definition) is 1. The average molecular weight is 275 g/mol. The first-order chi connectivity index (χ1) is 9.61. The number of fused-ring (bicyclic) bond motifs is 2. The molecule has 0 amide bonds. The second-order valence-corrected chi connectivity index (χ2v) is 6.23. The van der Waals surface area contributed by atoms with Gasteiger partial charge in [-0.05, 0) is 52.1 Å². The van der Waals surface area contributed by atoms with Gasteiger partial charge in [-0.3, -0.25) is 0 Å². The Balaban J connectivity index is 2.03. The van der Waals surface area contributed by atoms with Crippen LogP contribution in [-0.4, -0.2) is 18.8 Å². The first-order valence-electron chi connectivity index (χ1n) is 7.82. The van der Waals surface area contributed by atoms with Crippen molar-refractivity contribution in [3.8, 4) is 11.5 Å². The van der Waals surface area contributed by atoms with Crippen LogP contribution < -0.4 is 15.2 Å². The Hall–Kier alpha value is -1.22. The number of hydrogen-bond acceptors (Lipinski definition) is 3. The van der Waals surface area contributed by atoms with E-state index in [2.05, 4.69) is 20.8 Å². The maximum absolute atomic E-state index is 6.12. The van der Waals surface area contributed by atoms with Crippen molar-refractivity contribution < 1.29 is 9.47 Å². The van der Waals surface area contributed by atoms with Gasteiger partial charge >= 0.3 is 0 Å².